The summed E-state index contributed by atoms with van der Waals surface area (Å²) in [6.45, 7) is 10.1. The Kier molecular flexibility index (Phi) is 8.34. The van der Waals surface area contributed by atoms with E-state index in [1.165, 1.54) is 33.0 Å². The highest BCUT2D eigenvalue weighted by Crippen LogP contribution is 2.25. The monoisotopic (exact) mass is 446 g/mol. The average molecular weight is 447 g/mol. The zero-order valence-corrected chi connectivity index (χ0v) is 20.0. The van der Waals surface area contributed by atoms with Gasteiger partial charge in [-0.25, -0.2) is 4.79 Å². The van der Waals surface area contributed by atoms with E-state index in [-0.39, 0.29) is 11.8 Å². The van der Waals surface area contributed by atoms with Crippen LogP contribution in [0.25, 0.3) is 0 Å². The molecule has 178 valence electrons. The molecule has 3 rings (SSSR count). The quantitative estimate of drug-likeness (QED) is 0.599. The maximum atomic E-state index is 13.0. The fourth-order valence-electron chi connectivity index (χ4n) is 4.99. The van der Waals surface area contributed by atoms with Crippen LogP contribution in [0.2, 0.25) is 0 Å². The summed E-state index contributed by atoms with van der Waals surface area (Å²) in [6.07, 6.45) is 5.70. The Hall–Kier alpha value is -2.35. The van der Waals surface area contributed by atoms with Crippen molar-refractivity contribution in [2.75, 3.05) is 39.8 Å². The van der Waals surface area contributed by atoms with Gasteiger partial charge >= 0.3 is 5.97 Å². The SMILES string of the molecule is COC(=O)c1c(C)[nH]c(C(=O)N2CCC(CC(=O)NCCC(C)N3CCCC3)CC2)c1C. The Morgan fingerprint density at radius 3 is 2.41 bits per heavy atom. The first kappa shape index (κ1) is 24.3. The summed E-state index contributed by atoms with van der Waals surface area (Å²) in [5.74, 6) is -0.122. The van der Waals surface area contributed by atoms with Gasteiger partial charge in [-0.15, -0.1) is 0 Å². The van der Waals surface area contributed by atoms with E-state index in [2.05, 4.69) is 22.1 Å². The molecule has 0 bridgehead atoms. The van der Waals surface area contributed by atoms with E-state index in [9.17, 15) is 14.4 Å². The van der Waals surface area contributed by atoms with E-state index >= 15 is 0 Å². The van der Waals surface area contributed by atoms with Crippen LogP contribution in [0.5, 0.6) is 0 Å². The number of hydrogen-bond donors (Lipinski definition) is 2. The largest absolute Gasteiger partial charge is 0.465 e. The molecule has 0 aliphatic carbocycles. The van der Waals surface area contributed by atoms with Crippen molar-refractivity contribution in [3.63, 3.8) is 0 Å². The van der Waals surface area contributed by atoms with Gasteiger partial charge in [0, 0.05) is 37.8 Å². The summed E-state index contributed by atoms with van der Waals surface area (Å²) in [5, 5.41) is 3.08. The summed E-state index contributed by atoms with van der Waals surface area (Å²) in [4.78, 5) is 44.7. The number of likely N-dealkylation sites (tertiary alicyclic amines) is 2. The lowest BCUT2D eigenvalue weighted by Gasteiger charge is -2.31. The minimum Gasteiger partial charge on any atom is -0.465 e. The summed E-state index contributed by atoms with van der Waals surface area (Å²) in [5.41, 5.74) is 2.15. The summed E-state index contributed by atoms with van der Waals surface area (Å²) >= 11 is 0. The molecule has 2 N–H and O–H groups in total. The predicted octanol–water partition coefficient (Wildman–Crippen LogP) is 2.65. The number of piperidine rings is 1. The highest BCUT2D eigenvalue weighted by Gasteiger charge is 2.29. The minimum atomic E-state index is -0.435. The first-order chi connectivity index (χ1) is 15.3. The van der Waals surface area contributed by atoms with Crippen LogP contribution < -0.4 is 5.32 Å². The summed E-state index contributed by atoms with van der Waals surface area (Å²) < 4.78 is 4.83. The lowest BCUT2D eigenvalue weighted by molar-refractivity contribution is -0.122. The van der Waals surface area contributed by atoms with Crippen LogP contribution >= 0.6 is 0 Å². The summed E-state index contributed by atoms with van der Waals surface area (Å²) in [7, 11) is 1.34. The molecule has 8 nitrogen and oxygen atoms in total. The normalized spacial score (nSPS) is 18.6. The smallest absolute Gasteiger partial charge is 0.339 e. The molecule has 8 heteroatoms. The third-order valence-corrected chi connectivity index (χ3v) is 7.06. The molecule has 2 fully saturated rings. The van der Waals surface area contributed by atoms with Gasteiger partial charge in [0.1, 0.15) is 5.69 Å². The molecule has 2 aliphatic heterocycles. The maximum Gasteiger partial charge on any atom is 0.339 e. The number of esters is 1. The molecule has 3 heterocycles. The number of nitrogens with zero attached hydrogens (tertiary/aromatic N) is 2. The highest BCUT2D eigenvalue weighted by atomic mass is 16.5. The number of nitrogens with one attached hydrogen (secondary N) is 2. The van der Waals surface area contributed by atoms with Crippen LogP contribution in [-0.2, 0) is 9.53 Å². The van der Waals surface area contributed by atoms with Crippen molar-refractivity contribution in [1.29, 1.82) is 0 Å². The van der Waals surface area contributed by atoms with Gasteiger partial charge in [0.15, 0.2) is 0 Å². The molecule has 0 saturated carbocycles. The zero-order chi connectivity index (χ0) is 23.3. The van der Waals surface area contributed by atoms with Crippen LogP contribution in [-0.4, -0.2) is 78.4 Å². The van der Waals surface area contributed by atoms with Gasteiger partial charge in [-0.1, -0.05) is 0 Å². The van der Waals surface area contributed by atoms with E-state index in [4.69, 9.17) is 4.74 Å². The van der Waals surface area contributed by atoms with E-state index < -0.39 is 5.97 Å². The first-order valence-corrected chi connectivity index (χ1v) is 11.9. The number of rotatable bonds is 8. The Morgan fingerprint density at radius 2 is 1.78 bits per heavy atom. The number of carbonyl (C=O) groups excluding carboxylic acids is 3. The molecule has 2 aliphatic rings. The van der Waals surface area contributed by atoms with E-state index in [0.717, 1.165) is 25.8 Å². The fourth-order valence-corrected chi connectivity index (χ4v) is 4.99. The third-order valence-electron chi connectivity index (χ3n) is 7.06. The van der Waals surface area contributed by atoms with Crippen LogP contribution in [0.4, 0.5) is 0 Å². The number of H-pyrrole nitrogens is 1. The molecule has 1 atom stereocenters. The Bertz CT molecular complexity index is 820. The topological polar surface area (TPSA) is 94.7 Å². The van der Waals surface area contributed by atoms with Crippen LogP contribution in [0.15, 0.2) is 0 Å². The van der Waals surface area contributed by atoms with Gasteiger partial charge in [-0.3, -0.25) is 9.59 Å². The molecule has 1 aromatic rings. The standard InChI is InChI=1S/C24H38N4O4/c1-16(27-11-5-6-12-27)7-10-25-20(29)15-19-8-13-28(14-9-19)23(30)22-17(2)21(18(3)26-22)24(31)32-4/h16,19,26H,5-15H2,1-4H3,(H,25,29). The number of aromatic nitrogens is 1. The average Bonchev–Trinajstić information content (AvgIpc) is 3.41. The molecule has 2 saturated heterocycles. The van der Waals surface area contributed by atoms with Crippen LogP contribution in [0.1, 0.15) is 77.6 Å². The predicted molar refractivity (Wildman–Crippen MR) is 123 cm³/mol. The number of amides is 2. The van der Waals surface area contributed by atoms with Crippen LogP contribution in [0.3, 0.4) is 0 Å². The molecule has 0 radical (unpaired) electrons. The Labute approximate surface area is 191 Å². The molecule has 0 aromatic carbocycles. The van der Waals surface area contributed by atoms with Gasteiger partial charge in [0.2, 0.25) is 5.91 Å². The van der Waals surface area contributed by atoms with Crippen molar-refractivity contribution in [3.8, 4) is 0 Å². The van der Waals surface area contributed by atoms with E-state index in [1.807, 2.05) is 4.90 Å². The number of hydrogen-bond acceptors (Lipinski definition) is 5. The number of carbonyl (C=O) groups is 3. The second kappa shape index (κ2) is 11.0. The lowest BCUT2D eigenvalue weighted by Crippen LogP contribution is -2.40. The lowest BCUT2D eigenvalue weighted by atomic mass is 9.93. The number of ether oxygens (including phenoxy) is 1. The zero-order valence-electron chi connectivity index (χ0n) is 20.0. The minimum absolute atomic E-state index is 0.0976. The van der Waals surface area contributed by atoms with Crippen molar-refractivity contribution in [1.82, 2.24) is 20.1 Å². The van der Waals surface area contributed by atoms with Gasteiger partial charge in [0.25, 0.3) is 5.91 Å². The van der Waals surface area contributed by atoms with Crippen molar-refractivity contribution in [2.45, 2.75) is 65.3 Å². The molecular formula is C24H38N4O4. The van der Waals surface area contributed by atoms with Gasteiger partial charge < -0.3 is 24.8 Å². The van der Waals surface area contributed by atoms with Gasteiger partial charge in [-0.2, -0.15) is 0 Å². The Balaban J connectivity index is 1.42. The first-order valence-electron chi connectivity index (χ1n) is 11.9. The Morgan fingerprint density at radius 1 is 1.12 bits per heavy atom. The molecule has 1 aromatic heterocycles. The van der Waals surface area contributed by atoms with Crippen molar-refractivity contribution in [3.05, 3.63) is 22.5 Å². The second-order valence-corrected chi connectivity index (χ2v) is 9.29. The second-order valence-electron chi connectivity index (χ2n) is 9.29. The molecule has 0 spiro atoms. The molecular weight excluding hydrogens is 408 g/mol. The van der Waals surface area contributed by atoms with Gasteiger partial charge in [0.05, 0.1) is 12.7 Å². The molecule has 32 heavy (non-hydrogen) atoms. The number of methoxy groups -OCH3 is 1. The van der Waals surface area contributed by atoms with Crippen LogP contribution in [0, 0.1) is 19.8 Å². The number of aryl methyl sites for hydroxylation is 1. The molecule has 2 amide bonds. The third kappa shape index (κ3) is 5.71. The van der Waals surface area contributed by atoms with E-state index in [1.54, 1.807) is 13.8 Å². The maximum absolute atomic E-state index is 13.0. The van der Waals surface area contributed by atoms with Gasteiger partial charge in [-0.05, 0) is 77.4 Å². The summed E-state index contributed by atoms with van der Waals surface area (Å²) in [6, 6.07) is 0.520. The van der Waals surface area contributed by atoms with Crippen molar-refractivity contribution in [2.24, 2.45) is 5.92 Å². The molecule has 1 unspecified atom stereocenters. The van der Waals surface area contributed by atoms with Crippen molar-refractivity contribution >= 4 is 17.8 Å². The fraction of sp³-hybridized carbons (Fsp3) is 0.708. The van der Waals surface area contributed by atoms with Crippen molar-refractivity contribution < 1.29 is 19.1 Å². The highest BCUT2D eigenvalue weighted by molar-refractivity contribution is 6.00. The number of aromatic amines is 1. The van der Waals surface area contributed by atoms with E-state index in [0.29, 0.717) is 54.0 Å².